The van der Waals surface area contributed by atoms with Gasteiger partial charge in [-0.05, 0) is 67.9 Å². The van der Waals surface area contributed by atoms with Crippen LogP contribution in [0.4, 0.5) is 11.4 Å². The van der Waals surface area contributed by atoms with E-state index in [9.17, 15) is 13.2 Å². The molecular weight excluding hydrogens is 408 g/mol. The monoisotopic (exact) mass is 428 g/mol. The maximum absolute atomic E-state index is 12.8. The Bertz CT molecular complexity index is 1140. The number of amides is 1. The fourth-order valence-corrected chi connectivity index (χ4v) is 4.08. The SMILES string of the molecule is Cc1ccc(S(=O)(=O)N(C)c2ccc(C(=O)Nc3ccc(C)c(Cl)c3)cc2)cc1. The molecule has 0 saturated carbocycles. The van der Waals surface area contributed by atoms with E-state index in [0.29, 0.717) is 22.0 Å². The largest absolute Gasteiger partial charge is 0.322 e. The van der Waals surface area contributed by atoms with Gasteiger partial charge in [0.15, 0.2) is 0 Å². The average Bonchev–Trinajstić information content (AvgIpc) is 2.70. The van der Waals surface area contributed by atoms with Crippen LogP contribution in [0.3, 0.4) is 0 Å². The van der Waals surface area contributed by atoms with Gasteiger partial charge in [-0.1, -0.05) is 35.4 Å². The van der Waals surface area contributed by atoms with Gasteiger partial charge in [0.25, 0.3) is 15.9 Å². The molecule has 0 spiro atoms. The minimum atomic E-state index is -3.68. The van der Waals surface area contributed by atoms with Crippen molar-refractivity contribution in [2.45, 2.75) is 18.7 Å². The van der Waals surface area contributed by atoms with Gasteiger partial charge in [-0.2, -0.15) is 0 Å². The number of hydrogen-bond donors (Lipinski definition) is 1. The second-order valence-electron chi connectivity index (χ2n) is 6.75. The van der Waals surface area contributed by atoms with Gasteiger partial charge in [0.05, 0.1) is 10.6 Å². The molecule has 0 unspecified atom stereocenters. The fourth-order valence-electron chi connectivity index (χ4n) is 2.70. The van der Waals surface area contributed by atoms with Crippen LogP contribution in [-0.4, -0.2) is 21.4 Å². The molecule has 7 heteroatoms. The molecule has 0 bridgehead atoms. The highest BCUT2D eigenvalue weighted by atomic mass is 35.5. The Morgan fingerprint density at radius 1 is 0.931 bits per heavy atom. The van der Waals surface area contributed by atoms with Crippen LogP contribution in [0.1, 0.15) is 21.5 Å². The van der Waals surface area contributed by atoms with E-state index in [1.54, 1.807) is 60.7 Å². The molecule has 0 heterocycles. The van der Waals surface area contributed by atoms with Gasteiger partial charge in [0, 0.05) is 23.3 Å². The number of carbonyl (C=O) groups excluding carboxylic acids is 1. The summed E-state index contributed by atoms with van der Waals surface area (Å²) >= 11 is 6.09. The first-order valence-corrected chi connectivity index (χ1v) is 10.7. The molecule has 0 aliphatic carbocycles. The number of sulfonamides is 1. The minimum Gasteiger partial charge on any atom is -0.322 e. The molecule has 1 N–H and O–H groups in total. The molecule has 0 saturated heterocycles. The Balaban J connectivity index is 1.77. The van der Waals surface area contributed by atoms with E-state index in [2.05, 4.69) is 5.32 Å². The summed E-state index contributed by atoms with van der Waals surface area (Å²) in [7, 11) is -2.20. The van der Waals surface area contributed by atoms with Crippen LogP contribution in [0.2, 0.25) is 5.02 Å². The van der Waals surface area contributed by atoms with Gasteiger partial charge >= 0.3 is 0 Å². The van der Waals surface area contributed by atoms with Gasteiger partial charge in [-0.3, -0.25) is 9.10 Å². The predicted octanol–water partition coefficient (Wildman–Crippen LogP) is 5.03. The van der Waals surface area contributed by atoms with Crippen molar-refractivity contribution in [1.82, 2.24) is 0 Å². The quantitative estimate of drug-likeness (QED) is 0.619. The summed E-state index contributed by atoms with van der Waals surface area (Å²) in [6.45, 7) is 3.78. The van der Waals surface area contributed by atoms with E-state index in [1.165, 1.54) is 11.4 Å². The number of nitrogens with one attached hydrogen (secondary N) is 1. The topological polar surface area (TPSA) is 66.5 Å². The first kappa shape index (κ1) is 20.9. The Morgan fingerprint density at radius 3 is 2.14 bits per heavy atom. The first-order valence-electron chi connectivity index (χ1n) is 8.91. The van der Waals surface area contributed by atoms with Crippen molar-refractivity contribution in [3.05, 3.63) is 88.4 Å². The van der Waals surface area contributed by atoms with Crippen molar-refractivity contribution in [3.63, 3.8) is 0 Å². The maximum Gasteiger partial charge on any atom is 0.264 e. The molecule has 5 nitrogen and oxygen atoms in total. The molecule has 3 aromatic rings. The Hall–Kier alpha value is -2.83. The van der Waals surface area contributed by atoms with Crippen LogP contribution in [0, 0.1) is 13.8 Å². The second-order valence-corrected chi connectivity index (χ2v) is 9.13. The lowest BCUT2D eigenvalue weighted by atomic mass is 10.1. The molecule has 0 aliphatic heterocycles. The van der Waals surface area contributed by atoms with Crippen molar-refractivity contribution in [3.8, 4) is 0 Å². The highest BCUT2D eigenvalue weighted by Crippen LogP contribution is 2.24. The van der Waals surface area contributed by atoms with Crippen molar-refractivity contribution >= 4 is 38.9 Å². The van der Waals surface area contributed by atoms with E-state index < -0.39 is 10.0 Å². The molecule has 150 valence electrons. The van der Waals surface area contributed by atoms with Gasteiger partial charge in [0.2, 0.25) is 0 Å². The van der Waals surface area contributed by atoms with Crippen molar-refractivity contribution in [2.24, 2.45) is 0 Å². The Labute approximate surface area is 176 Å². The summed E-state index contributed by atoms with van der Waals surface area (Å²) in [5, 5.41) is 3.35. The molecule has 0 fully saturated rings. The number of benzene rings is 3. The zero-order valence-electron chi connectivity index (χ0n) is 16.3. The van der Waals surface area contributed by atoms with Crippen molar-refractivity contribution in [1.29, 1.82) is 0 Å². The third-order valence-electron chi connectivity index (χ3n) is 4.60. The van der Waals surface area contributed by atoms with Gasteiger partial charge in [-0.15, -0.1) is 0 Å². The standard InChI is InChI=1S/C22H21ClN2O3S/c1-15-4-12-20(13-5-15)29(27,28)25(3)19-10-7-17(8-11-19)22(26)24-18-9-6-16(2)21(23)14-18/h4-14H,1-3H3,(H,24,26). The zero-order chi connectivity index (χ0) is 21.2. The third-order valence-corrected chi connectivity index (χ3v) is 6.81. The Morgan fingerprint density at radius 2 is 1.55 bits per heavy atom. The summed E-state index contributed by atoms with van der Waals surface area (Å²) < 4.78 is 26.8. The van der Waals surface area contributed by atoms with Gasteiger partial charge in [0.1, 0.15) is 0 Å². The molecule has 0 atom stereocenters. The highest BCUT2D eigenvalue weighted by Gasteiger charge is 2.21. The normalized spacial score (nSPS) is 11.2. The lowest BCUT2D eigenvalue weighted by molar-refractivity contribution is 0.102. The van der Waals surface area contributed by atoms with Crippen LogP contribution in [0.25, 0.3) is 0 Å². The van der Waals surface area contributed by atoms with Crippen molar-refractivity contribution < 1.29 is 13.2 Å². The third kappa shape index (κ3) is 4.60. The summed E-state index contributed by atoms with van der Waals surface area (Å²) in [5.74, 6) is -0.305. The summed E-state index contributed by atoms with van der Waals surface area (Å²) in [4.78, 5) is 12.7. The fraction of sp³-hybridized carbons (Fsp3) is 0.136. The van der Waals surface area contributed by atoms with E-state index in [1.807, 2.05) is 19.9 Å². The summed E-state index contributed by atoms with van der Waals surface area (Å²) in [6.07, 6.45) is 0. The number of anilines is 2. The van der Waals surface area contributed by atoms with E-state index in [4.69, 9.17) is 11.6 Å². The molecule has 0 aliphatic rings. The van der Waals surface area contributed by atoms with E-state index >= 15 is 0 Å². The highest BCUT2D eigenvalue weighted by molar-refractivity contribution is 7.92. The zero-order valence-corrected chi connectivity index (χ0v) is 17.9. The number of hydrogen-bond acceptors (Lipinski definition) is 3. The maximum atomic E-state index is 12.8. The van der Waals surface area contributed by atoms with Crippen LogP contribution >= 0.6 is 11.6 Å². The molecule has 3 rings (SSSR count). The molecule has 29 heavy (non-hydrogen) atoms. The molecular formula is C22H21ClN2O3S. The van der Waals surface area contributed by atoms with E-state index in [-0.39, 0.29) is 10.8 Å². The smallest absolute Gasteiger partial charge is 0.264 e. The second kappa shape index (κ2) is 8.27. The van der Waals surface area contributed by atoms with E-state index in [0.717, 1.165) is 11.1 Å². The average molecular weight is 429 g/mol. The number of carbonyl (C=O) groups is 1. The summed E-state index contributed by atoms with van der Waals surface area (Å²) in [5.41, 5.74) is 3.37. The molecule has 0 radical (unpaired) electrons. The van der Waals surface area contributed by atoms with Crippen LogP contribution in [0.15, 0.2) is 71.6 Å². The van der Waals surface area contributed by atoms with Crippen LogP contribution in [-0.2, 0) is 10.0 Å². The molecule has 0 aromatic heterocycles. The Kier molecular flexibility index (Phi) is 5.96. The van der Waals surface area contributed by atoms with Crippen molar-refractivity contribution in [2.75, 3.05) is 16.7 Å². The predicted molar refractivity (Wildman–Crippen MR) is 117 cm³/mol. The lowest BCUT2D eigenvalue weighted by Gasteiger charge is -2.20. The number of nitrogens with zero attached hydrogens (tertiary/aromatic N) is 1. The first-order chi connectivity index (χ1) is 13.7. The van der Waals surface area contributed by atoms with Gasteiger partial charge in [-0.25, -0.2) is 8.42 Å². The number of halogens is 1. The minimum absolute atomic E-state index is 0.212. The van der Waals surface area contributed by atoms with Crippen LogP contribution < -0.4 is 9.62 Å². The lowest BCUT2D eigenvalue weighted by Crippen LogP contribution is -2.26. The summed E-state index contributed by atoms with van der Waals surface area (Å²) in [6, 6.07) is 18.3. The van der Waals surface area contributed by atoms with Crippen LogP contribution in [0.5, 0.6) is 0 Å². The molecule has 3 aromatic carbocycles. The molecule has 1 amide bonds. The van der Waals surface area contributed by atoms with Gasteiger partial charge < -0.3 is 5.32 Å². The number of aryl methyl sites for hydroxylation is 2. The number of rotatable bonds is 5.